The molecule has 0 aliphatic carbocycles. The van der Waals surface area contributed by atoms with Gasteiger partial charge < -0.3 is 4.74 Å². The molecule has 0 heterocycles. The topological polar surface area (TPSA) is 9.23 Å². The zero-order valence-corrected chi connectivity index (χ0v) is 9.72. The average Bonchev–Trinajstić information content (AvgIpc) is 2.25. The molecule has 0 spiro atoms. The van der Waals surface area contributed by atoms with Gasteiger partial charge >= 0.3 is 0 Å². The SMILES string of the molecule is CCOc1cc(C(CC)CC)ccc1F. The van der Waals surface area contributed by atoms with Crippen molar-refractivity contribution in [3.8, 4) is 5.75 Å². The number of hydrogen-bond acceptors (Lipinski definition) is 1. The summed E-state index contributed by atoms with van der Waals surface area (Å²) in [4.78, 5) is 0. The fourth-order valence-electron chi connectivity index (χ4n) is 1.80. The zero-order chi connectivity index (χ0) is 11.3. The molecule has 15 heavy (non-hydrogen) atoms. The molecule has 0 aromatic heterocycles. The van der Waals surface area contributed by atoms with Crippen molar-refractivity contribution in [3.63, 3.8) is 0 Å². The molecular formula is C13H19FO. The molecule has 0 bridgehead atoms. The lowest BCUT2D eigenvalue weighted by molar-refractivity contribution is 0.321. The summed E-state index contributed by atoms with van der Waals surface area (Å²) in [6.07, 6.45) is 2.15. The zero-order valence-electron chi connectivity index (χ0n) is 9.72. The van der Waals surface area contributed by atoms with Crippen LogP contribution in [-0.2, 0) is 0 Å². The normalized spacial score (nSPS) is 10.7. The summed E-state index contributed by atoms with van der Waals surface area (Å²) in [5.74, 6) is 0.610. The lowest BCUT2D eigenvalue weighted by Gasteiger charge is -2.14. The Morgan fingerprint density at radius 3 is 2.40 bits per heavy atom. The van der Waals surface area contributed by atoms with Gasteiger partial charge in [0.15, 0.2) is 11.6 Å². The molecule has 0 saturated carbocycles. The van der Waals surface area contributed by atoms with Gasteiger partial charge in [0.1, 0.15) is 0 Å². The van der Waals surface area contributed by atoms with Crippen molar-refractivity contribution < 1.29 is 9.13 Å². The standard InChI is InChI=1S/C13H19FO/c1-4-10(5-2)11-7-8-12(14)13(9-11)15-6-3/h7-10H,4-6H2,1-3H3. The first-order valence-corrected chi connectivity index (χ1v) is 5.65. The van der Waals surface area contributed by atoms with Crippen LogP contribution in [0.15, 0.2) is 18.2 Å². The molecule has 1 rings (SSSR count). The van der Waals surface area contributed by atoms with Gasteiger partial charge in [-0.1, -0.05) is 19.9 Å². The van der Waals surface area contributed by atoms with Crippen LogP contribution in [-0.4, -0.2) is 6.61 Å². The molecule has 0 unspecified atom stereocenters. The summed E-state index contributed by atoms with van der Waals surface area (Å²) in [6, 6.07) is 5.19. The van der Waals surface area contributed by atoms with Gasteiger partial charge in [0.2, 0.25) is 0 Å². The Hall–Kier alpha value is -1.05. The van der Waals surface area contributed by atoms with Gasteiger partial charge in [-0.3, -0.25) is 0 Å². The van der Waals surface area contributed by atoms with Crippen molar-refractivity contribution in [2.75, 3.05) is 6.61 Å². The van der Waals surface area contributed by atoms with Crippen LogP contribution in [0.1, 0.15) is 45.1 Å². The van der Waals surface area contributed by atoms with Crippen molar-refractivity contribution in [2.45, 2.75) is 39.5 Å². The highest BCUT2D eigenvalue weighted by molar-refractivity contribution is 5.32. The number of halogens is 1. The fraction of sp³-hybridized carbons (Fsp3) is 0.538. The summed E-state index contributed by atoms with van der Waals surface area (Å²) >= 11 is 0. The van der Waals surface area contributed by atoms with Gasteiger partial charge in [0.25, 0.3) is 0 Å². The van der Waals surface area contributed by atoms with Gasteiger partial charge in [0.05, 0.1) is 6.61 Å². The minimum atomic E-state index is -0.272. The molecule has 1 aromatic carbocycles. The Morgan fingerprint density at radius 1 is 1.20 bits per heavy atom. The first-order valence-electron chi connectivity index (χ1n) is 5.65. The number of ether oxygens (including phenoxy) is 1. The maximum absolute atomic E-state index is 13.3. The second-order valence-electron chi connectivity index (χ2n) is 3.64. The van der Waals surface area contributed by atoms with E-state index in [-0.39, 0.29) is 5.82 Å². The monoisotopic (exact) mass is 210 g/mol. The maximum atomic E-state index is 13.3. The van der Waals surface area contributed by atoms with Crippen LogP contribution >= 0.6 is 0 Å². The van der Waals surface area contributed by atoms with Crippen LogP contribution in [0.4, 0.5) is 4.39 Å². The molecule has 0 amide bonds. The minimum Gasteiger partial charge on any atom is -0.491 e. The van der Waals surface area contributed by atoms with E-state index in [0.29, 0.717) is 18.3 Å². The molecule has 0 N–H and O–H groups in total. The van der Waals surface area contributed by atoms with E-state index in [9.17, 15) is 4.39 Å². The quantitative estimate of drug-likeness (QED) is 0.710. The van der Waals surface area contributed by atoms with Crippen molar-refractivity contribution in [1.82, 2.24) is 0 Å². The third kappa shape index (κ3) is 2.95. The second-order valence-corrected chi connectivity index (χ2v) is 3.64. The van der Waals surface area contributed by atoms with E-state index < -0.39 is 0 Å². The minimum absolute atomic E-state index is 0.272. The van der Waals surface area contributed by atoms with Crippen LogP contribution in [0, 0.1) is 5.82 Å². The Kier molecular flexibility index (Phi) is 4.60. The smallest absolute Gasteiger partial charge is 0.165 e. The summed E-state index contributed by atoms with van der Waals surface area (Å²) in [5.41, 5.74) is 1.17. The van der Waals surface area contributed by atoms with Crippen LogP contribution in [0.25, 0.3) is 0 Å². The molecule has 0 aliphatic heterocycles. The number of benzene rings is 1. The Balaban J connectivity index is 2.95. The van der Waals surface area contributed by atoms with E-state index in [2.05, 4.69) is 13.8 Å². The van der Waals surface area contributed by atoms with Gasteiger partial charge in [-0.15, -0.1) is 0 Å². The van der Waals surface area contributed by atoms with Crippen molar-refractivity contribution in [3.05, 3.63) is 29.6 Å². The molecular weight excluding hydrogens is 191 g/mol. The lowest BCUT2D eigenvalue weighted by Crippen LogP contribution is -1.99. The molecule has 84 valence electrons. The fourth-order valence-corrected chi connectivity index (χ4v) is 1.80. The first kappa shape index (κ1) is 12.0. The van der Waals surface area contributed by atoms with E-state index in [1.807, 2.05) is 19.1 Å². The van der Waals surface area contributed by atoms with Gasteiger partial charge in [-0.25, -0.2) is 4.39 Å². The van der Waals surface area contributed by atoms with E-state index in [0.717, 1.165) is 12.8 Å². The molecule has 0 atom stereocenters. The summed E-state index contributed by atoms with van der Waals surface area (Å²) in [7, 11) is 0. The molecule has 1 aromatic rings. The highest BCUT2D eigenvalue weighted by atomic mass is 19.1. The van der Waals surface area contributed by atoms with Gasteiger partial charge in [-0.05, 0) is 43.4 Å². The molecule has 0 fully saturated rings. The second kappa shape index (κ2) is 5.74. The van der Waals surface area contributed by atoms with Crippen LogP contribution in [0.5, 0.6) is 5.75 Å². The van der Waals surface area contributed by atoms with Crippen LogP contribution < -0.4 is 4.74 Å². The Morgan fingerprint density at radius 2 is 1.87 bits per heavy atom. The third-order valence-electron chi connectivity index (χ3n) is 2.71. The van der Waals surface area contributed by atoms with Gasteiger partial charge in [0, 0.05) is 0 Å². The molecule has 2 heteroatoms. The number of rotatable bonds is 5. The van der Waals surface area contributed by atoms with Crippen LogP contribution in [0.2, 0.25) is 0 Å². The molecule has 1 nitrogen and oxygen atoms in total. The summed E-state index contributed by atoms with van der Waals surface area (Å²) < 4.78 is 18.5. The first-order chi connectivity index (χ1) is 7.22. The molecule has 0 aliphatic rings. The van der Waals surface area contributed by atoms with Crippen molar-refractivity contribution >= 4 is 0 Å². The highest BCUT2D eigenvalue weighted by Gasteiger charge is 2.10. The van der Waals surface area contributed by atoms with Crippen molar-refractivity contribution in [1.29, 1.82) is 0 Å². The van der Waals surface area contributed by atoms with E-state index >= 15 is 0 Å². The van der Waals surface area contributed by atoms with E-state index in [1.54, 1.807) is 0 Å². The summed E-state index contributed by atoms with van der Waals surface area (Å²) in [5, 5.41) is 0. The Labute approximate surface area is 91.3 Å². The highest BCUT2D eigenvalue weighted by Crippen LogP contribution is 2.27. The average molecular weight is 210 g/mol. The van der Waals surface area contributed by atoms with Crippen molar-refractivity contribution in [2.24, 2.45) is 0 Å². The van der Waals surface area contributed by atoms with Crippen LogP contribution in [0.3, 0.4) is 0 Å². The lowest BCUT2D eigenvalue weighted by atomic mass is 9.94. The molecule has 0 saturated heterocycles. The third-order valence-corrected chi connectivity index (χ3v) is 2.71. The summed E-state index contributed by atoms with van der Waals surface area (Å²) in [6.45, 7) is 6.67. The largest absolute Gasteiger partial charge is 0.491 e. The predicted molar refractivity (Wildman–Crippen MR) is 60.9 cm³/mol. The number of hydrogen-bond donors (Lipinski definition) is 0. The van der Waals surface area contributed by atoms with Gasteiger partial charge in [-0.2, -0.15) is 0 Å². The predicted octanol–water partition coefficient (Wildman–Crippen LogP) is 4.13. The Bertz CT molecular complexity index is 305. The molecule has 0 radical (unpaired) electrons. The van der Waals surface area contributed by atoms with E-state index in [4.69, 9.17) is 4.74 Å². The maximum Gasteiger partial charge on any atom is 0.165 e. The van der Waals surface area contributed by atoms with E-state index in [1.165, 1.54) is 11.6 Å².